The zero-order valence-corrected chi connectivity index (χ0v) is 23.3. The predicted octanol–water partition coefficient (Wildman–Crippen LogP) is 4.85. The zero-order chi connectivity index (χ0) is 26.8. The van der Waals surface area contributed by atoms with Gasteiger partial charge in [0.2, 0.25) is 5.91 Å². The van der Waals surface area contributed by atoms with Crippen molar-refractivity contribution in [3.8, 4) is 0 Å². The molecule has 198 valence electrons. The molecular formula is C28H43BN2O5. The summed E-state index contributed by atoms with van der Waals surface area (Å²) in [5.74, 6) is 0.211. The molecule has 4 fully saturated rings. The van der Waals surface area contributed by atoms with Crippen LogP contribution in [0.2, 0.25) is 0 Å². The van der Waals surface area contributed by atoms with E-state index in [1.807, 2.05) is 25.1 Å². The Morgan fingerprint density at radius 2 is 1.86 bits per heavy atom. The summed E-state index contributed by atoms with van der Waals surface area (Å²) in [6, 6.07) is 8.20. The van der Waals surface area contributed by atoms with Gasteiger partial charge in [-0.2, -0.15) is 0 Å². The third kappa shape index (κ3) is 4.45. The first-order valence-electron chi connectivity index (χ1n) is 13.2. The van der Waals surface area contributed by atoms with Crippen LogP contribution < -0.4 is 5.32 Å². The number of carbonyl (C=O) groups excluding carboxylic acids is 1. The molecule has 0 spiro atoms. The fourth-order valence-electron chi connectivity index (χ4n) is 7.19. The van der Waals surface area contributed by atoms with Crippen LogP contribution in [0, 0.1) is 24.2 Å². The summed E-state index contributed by atoms with van der Waals surface area (Å²) in [6.45, 7) is 17.6. The molecule has 1 heterocycles. The van der Waals surface area contributed by atoms with Gasteiger partial charge >= 0.3 is 13.2 Å². The summed E-state index contributed by atoms with van der Waals surface area (Å²) in [4.78, 5) is 27.1. The maximum atomic E-state index is 13.7. The first-order valence-corrected chi connectivity index (χ1v) is 13.2. The summed E-state index contributed by atoms with van der Waals surface area (Å²) in [7, 11) is -0.608. The fraction of sp³-hybridized carbons (Fsp3) is 0.714. The van der Waals surface area contributed by atoms with Crippen molar-refractivity contribution < 1.29 is 24.0 Å². The molecule has 3 aliphatic carbocycles. The van der Waals surface area contributed by atoms with Crippen LogP contribution in [0.15, 0.2) is 24.3 Å². The summed E-state index contributed by atoms with van der Waals surface area (Å²) < 4.78 is 13.3. The van der Waals surface area contributed by atoms with Gasteiger partial charge in [-0.05, 0) is 90.5 Å². The van der Waals surface area contributed by atoms with Crippen molar-refractivity contribution in [2.75, 3.05) is 0 Å². The molecule has 2 bridgehead atoms. The zero-order valence-electron chi connectivity index (χ0n) is 23.3. The molecule has 1 aromatic carbocycles. The highest BCUT2D eigenvalue weighted by molar-refractivity contribution is 6.48. The van der Waals surface area contributed by atoms with E-state index in [4.69, 9.17) is 9.31 Å². The topological polar surface area (TPSA) is 88.1 Å². The minimum absolute atomic E-state index is 0.00529. The van der Waals surface area contributed by atoms with Gasteiger partial charge in [0, 0.05) is 5.54 Å². The summed E-state index contributed by atoms with van der Waals surface area (Å²) in [6.07, 6.45) is 1.50. The van der Waals surface area contributed by atoms with E-state index < -0.39 is 35.8 Å². The normalized spacial score (nSPS) is 29.7. The van der Waals surface area contributed by atoms with Gasteiger partial charge < -0.3 is 19.7 Å². The van der Waals surface area contributed by atoms with Crippen LogP contribution in [0.4, 0.5) is 4.79 Å². The number of hydrogen-bond donors (Lipinski definition) is 2. The second-order valence-corrected chi connectivity index (χ2v) is 13.5. The van der Waals surface area contributed by atoms with E-state index in [-0.39, 0.29) is 17.4 Å². The Labute approximate surface area is 216 Å². The van der Waals surface area contributed by atoms with E-state index in [0.717, 1.165) is 24.0 Å². The van der Waals surface area contributed by atoms with Gasteiger partial charge in [-0.25, -0.2) is 4.79 Å². The highest BCUT2D eigenvalue weighted by atomic mass is 16.7. The molecule has 5 atom stereocenters. The molecule has 7 nitrogen and oxygen atoms in total. The first kappa shape index (κ1) is 27.0. The van der Waals surface area contributed by atoms with Gasteiger partial charge in [0.15, 0.2) is 0 Å². The number of hydrogen-bond acceptors (Lipinski definition) is 4. The number of nitrogens with one attached hydrogen (secondary N) is 1. The van der Waals surface area contributed by atoms with Gasteiger partial charge in [-0.1, -0.05) is 43.7 Å². The Kier molecular flexibility index (Phi) is 6.57. The van der Waals surface area contributed by atoms with Crippen molar-refractivity contribution in [1.29, 1.82) is 0 Å². The summed E-state index contributed by atoms with van der Waals surface area (Å²) in [5, 5.41) is 13.1. The van der Waals surface area contributed by atoms with E-state index in [0.29, 0.717) is 18.3 Å². The number of carbonyl (C=O) groups is 2. The molecular weight excluding hydrogens is 455 g/mol. The highest BCUT2D eigenvalue weighted by Gasteiger charge is 2.68. The number of carboxylic acid groups (broad SMARTS) is 1. The molecule has 5 rings (SSSR count). The minimum atomic E-state index is -1.30. The maximum absolute atomic E-state index is 13.7. The van der Waals surface area contributed by atoms with E-state index in [1.54, 1.807) is 34.6 Å². The standard InChI is InChI=1S/C28H43BN2O5/c1-17-11-10-12-18(13-17)14-22(30-23(32)27(7,8)31(24(33)34)25(2,3)4)29-35-21-16-19-15-20(26(19,5)6)28(21,9)36-29/h10-13,19-22H,14-16H2,1-9H3,(H,30,32)(H,33,34)/t19-,20-,21+,22-,28-/m0/s1. The minimum Gasteiger partial charge on any atom is -0.465 e. The molecule has 1 aliphatic heterocycles. The lowest BCUT2D eigenvalue weighted by atomic mass is 9.43. The van der Waals surface area contributed by atoms with E-state index in [9.17, 15) is 14.7 Å². The number of benzene rings is 1. The first-order chi connectivity index (χ1) is 16.5. The molecule has 2 amide bonds. The molecule has 8 heteroatoms. The molecule has 2 N–H and O–H groups in total. The van der Waals surface area contributed by atoms with Crippen molar-refractivity contribution in [2.45, 2.75) is 110 Å². The van der Waals surface area contributed by atoms with Crippen LogP contribution in [-0.4, -0.2) is 57.8 Å². The smallest absolute Gasteiger partial charge is 0.465 e. The quantitative estimate of drug-likeness (QED) is 0.548. The molecule has 1 saturated heterocycles. The van der Waals surface area contributed by atoms with E-state index in [1.165, 1.54) is 4.90 Å². The third-order valence-corrected chi connectivity index (χ3v) is 9.13. The van der Waals surface area contributed by atoms with Gasteiger partial charge in [-0.15, -0.1) is 0 Å². The molecule has 4 aliphatic rings. The molecule has 0 radical (unpaired) electrons. The van der Waals surface area contributed by atoms with Crippen molar-refractivity contribution in [2.24, 2.45) is 17.3 Å². The predicted molar refractivity (Wildman–Crippen MR) is 141 cm³/mol. The Morgan fingerprint density at radius 1 is 1.19 bits per heavy atom. The summed E-state index contributed by atoms with van der Waals surface area (Å²) in [5.41, 5.74) is -0.0239. The highest BCUT2D eigenvalue weighted by Crippen LogP contribution is 2.65. The van der Waals surface area contributed by atoms with Crippen molar-refractivity contribution >= 4 is 19.1 Å². The Morgan fingerprint density at radius 3 is 2.42 bits per heavy atom. The average molecular weight is 498 g/mol. The third-order valence-electron chi connectivity index (χ3n) is 9.13. The molecule has 0 aromatic heterocycles. The van der Waals surface area contributed by atoms with Crippen LogP contribution in [0.5, 0.6) is 0 Å². The van der Waals surface area contributed by atoms with Crippen molar-refractivity contribution in [3.63, 3.8) is 0 Å². The lowest BCUT2D eigenvalue weighted by molar-refractivity contribution is -0.199. The van der Waals surface area contributed by atoms with Gasteiger partial charge in [0.05, 0.1) is 17.6 Å². The SMILES string of the molecule is Cc1cccc(C[C@H](NC(=O)C(C)(C)N(C(=O)O)C(C)(C)C)B2O[C@@H]3C[C@@H]4C[C@@H](C4(C)C)[C@]3(C)O2)c1. The van der Waals surface area contributed by atoms with Crippen LogP contribution in [0.25, 0.3) is 0 Å². The lowest BCUT2D eigenvalue weighted by Crippen LogP contribution is -2.66. The largest absolute Gasteiger partial charge is 0.482 e. The van der Waals surface area contributed by atoms with Crippen LogP contribution in [-0.2, 0) is 20.5 Å². The molecule has 1 aromatic rings. The van der Waals surface area contributed by atoms with Crippen LogP contribution >= 0.6 is 0 Å². The van der Waals surface area contributed by atoms with E-state index in [2.05, 4.69) is 32.2 Å². The molecule has 0 unspecified atom stereocenters. The number of rotatable bonds is 6. The van der Waals surface area contributed by atoms with Gasteiger partial charge in [-0.3, -0.25) is 9.69 Å². The Balaban J connectivity index is 1.62. The second kappa shape index (κ2) is 8.76. The van der Waals surface area contributed by atoms with Crippen molar-refractivity contribution in [3.05, 3.63) is 35.4 Å². The average Bonchev–Trinajstić information content (AvgIpc) is 3.08. The van der Waals surface area contributed by atoms with E-state index >= 15 is 0 Å². The monoisotopic (exact) mass is 498 g/mol. The molecule has 3 saturated carbocycles. The van der Waals surface area contributed by atoms with Crippen LogP contribution in [0.1, 0.15) is 79.4 Å². The van der Waals surface area contributed by atoms with Crippen molar-refractivity contribution in [1.82, 2.24) is 10.2 Å². The number of aryl methyl sites for hydroxylation is 1. The van der Waals surface area contributed by atoms with Crippen LogP contribution in [0.3, 0.4) is 0 Å². The second-order valence-electron chi connectivity index (χ2n) is 13.5. The lowest BCUT2D eigenvalue weighted by Gasteiger charge is -2.64. The summed E-state index contributed by atoms with van der Waals surface area (Å²) >= 11 is 0. The maximum Gasteiger partial charge on any atom is 0.482 e. The Bertz CT molecular complexity index is 1040. The molecule has 36 heavy (non-hydrogen) atoms. The van der Waals surface area contributed by atoms with Gasteiger partial charge in [0.25, 0.3) is 0 Å². The number of amides is 2. The van der Waals surface area contributed by atoms with Gasteiger partial charge in [0.1, 0.15) is 5.54 Å². The number of nitrogens with zero attached hydrogens (tertiary/aromatic N) is 1. The Hall–Kier alpha value is -2.06. The fourth-order valence-corrected chi connectivity index (χ4v) is 7.19.